The second-order valence-corrected chi connectivity index (χ2v) is 17.3. The number of carbonyl (C=O) groups excluding carboxylic acids is 2. The van der Waals surface area contributed by atoms with Crippen LogP contribution in [0, 0.1) is 17.6 Å². The van der Waals surface area contributed by atoms with Gasteiger partial charge in [-0.3, -0.25) is 14.4 Å². The average Bonchev–Trinajstić information content (AvgIpc) is 3.92. The highest BCUT2D eigenvalue weighted by molar-refractivity contribution is 7.89. The molecule has 0 aliphatic carbocycles. The van der Waals surface area contributed by atoms with Gasteiger partial charge >= 0.3 is 0 Å². The molecule has 2 aliphatic heterocycles. The van der Waals surface area contributed by atoms with Crippen molar-refractivity contribution in [2.75, 3.05) is 37.4 Å². The van der Waals surface area contributed by atoms with Crippen LogP contribution in [0.5, 0.6) is 5.88 Å². The highest BCUT2D eigenvalue weighted by Gasteiger charge is 2.34. The maximum Gasteiger partial charge on any atom is 0.274 e. The first kappa shape index (κ1) is 39.6. The van der Waals surface area contributed by atoms with Gasteiger partial charge in [-0.1, -0.05) is 13.8 Å². The molecule has 4 aromatic heterocycles. The standard InChI is InChI=1S/C40H45F2N7O7S/c1-23(2)34(39(51)48-11-7-8-12-48)32-17-33(46-56-32)55-13-9-5-6-10-43-38(50)27-16-31-28(14-24(27)22-57(4,53)54)29-21-47(3)40(52)36-35(29)25(18-44-36)20-49(31)37-30(42)15-26(41)19-45-37/h14-19,21,23,34,44H,5-13,20,22H2,1-4H3,(H,43,50). The number of fused-ring (bicyclic) bond motifs is 2. The van der Waals surface area contributed by atoms with Gasteiger partial charge in [-0.2, -0.15) is 0 Å². The largest absolute Gasteiger partial charge is 0.476 e. The van der Waals surface area contributed by atoms with E-state index in [9.17, 15) is 27.2 Å². The van der Waals surface area contributed by atoms with Crippen LogP contribution in [0.1, 0.15) is 79.1 Å². The number of nitrogens with zero attached hydrogens (tertiary/aromatic N) is 5. The summed E-state index contributed by atoms with van der Waals surface area (Å²) in [5, 5.41) is 7.48. The Morgan fingerprint density at radius 1 is 1.07 bits per heavy atom. The molecule has 1 saturated heterocycles. The normalized spacial score (nSPS) is 14.6. The Balaban J connectivity index is 1.07. The lowest BCUT2D eigenvalue weighted by Crippen LogP contribution is -2.34. The minimum atomic E-state index is -3.65. The van der Waals surface area contributed by atoms with Gasteiger partial charge in [0.25, 0.3) is 17.3 Å². The lowest BCUT2D eigenvalue weighted by atomic mass is 9.92. The van der Waals surface area contributed by atoms with Crippen LogP contribution in [0.4, 0.5) is 20.3 Å². The summed E-state index contributed by atoms with van der Waals surface area (Å²) in [5.41, 5.74) is 2.22. The van der Waals surface area contributed by atoms with Crippen molar-refractivity contribution in [3.63, 3.8) is 0 Å². The maximum atomic E-state index is 15.4. The fourth-order valence-electron chi connectivity index (χ4n) is 7.73. The number of H-pyrrole nitrogens is 1. The van der Waals surface area contributed by atoms with Crippen LogP contribution >= 0.6 is 0 Å². The minimum Gasteiger partial charge on any atom is -0.476 e. The third-order valence-corrected chi connectivity index (χ3v) is 11.3. The van der Waals surface area contributed by atoms with Crippen molar-refractivity contribution >= 4 is 44.1 Å². The van der Waals surface area contributed by atoms with Gasteiger partial charge in [0.05, 0.1) is 30.8 Å². The first-order valence-electron chi connectivity index (χ1n) is 19.0. The van der Waals surface area contributed by atoms with Gasteiger partial charge in [0.15, 0.2) is 27.2 Å². The van der Waals surface area contributed by atoms with E-state index in [-0.39, 0.29) is 47.4 Å². The smallest absolute Gasteiger partial charge is 0.274 e. The SMILES string of the molecule is CC(C)C(C(=O)N1CCCC1)c1cc(OCCCCCNC(=O)c2cc3c(cc2CS(C)(=O)=O)-c2cn(C)c(=O)c4[nH]cc(c24)CN3c2ncc(F)cc2F)no1. The third kappa shape index (κ3) is 8.29. The molecule has 6 heterocycles. The Hall–Kier alpha value is -5.58. The number of pyridine rings is 2. The van der Waals surface area contributed by atoms with Crippen molar-refractivity contribution in [3.8, 4) is 17.0 Å². The Bertz CT molecular complexity index is 2510. The van der Waals surface area contributed by atoms with Gasteiger partial charge < -0.3 is 33.9 Å². The van der Waals surface area contributed by atoms with Crippen molar-refractivity contribution < 1.29 is 36.0 Å². The number of aryl methyl sites for hydroxylation is 1. The highest BCUT2D eigenvalue weighted by atomic mass is 32.2. The van der Waals surface area contributed by atoms with Crippen molar-refractivity contribution in [1.82, 2.24) is 29.9 Å². The summed E-state index contributed by atoms with van der Waals surface area (Å²) >= 11 is 0. The van der Waals surface area contributed by atoms with Crippen LogP contribution < -0.4 is 20.5 Å². The first-order valence-corrected chi connectivity index (χ1v) is 21.1. The molecule has 0 spiro atoms. The van der Waals surface area contributed by atoms with Gasteiger partial charge in [0.2, 0.25) is 5.91 Å². The van der Waals surface area contributed by atoms with Gasteiger partial charge in [0.1, 0.15) is 17.3 Å². The third-order valence-electron chi connectivity index (χ3n) is 10.4. The van der Waals surface area contributed by atoms with E-state index in [1.54, 1.807) is 31.6 Å². The van der Waals surface area contributed by atoms with Crippen LogP contribution in [-0.2, 0) is 34.0 Å². The molecule has 1 aromatic carbocycles. The summed E-state index contributed by atoms with van der Waals surface area (Å²) in [6.45, 7) is 6.06. The number of unbranched alkanes of at least 4 members (excludes halogenated alkanes) is 2. The second kappa shape index (κ2) is 16.1. The quantitative estimate of drug-likeness (QED) is 0.132. The molecule has 0 saturated carbocycles. The Labute approximate surface area is 328 Å². The molecule has 5 aromatic rings. The van der Waals surface area contributed by atoms with Gasteiger partial charge in [0, 0.05) is 79.5 Å². The van der Waals surface area contributed by atoms with E-state index in [1.165, 1.54) is 15.5 Å². The van der Waals surface area contributed by atoms with Crippen molar-refractivity contribution in [3.05, 3.63) is 87.3 Å². The van der Waals surface area contributed by atoms with E-state index in [2.05, 4.69) is 20.4 Å². The van der Waals surface area contributed by atoms with Gasteiger partial charge in [-0.25, -0.2) is 22.2 Å². The Morgan fingerprint density at radius 3 is 2.56 bits per heavy atom. The summed E-state index contributed by atoms with van der Waals surface area (Å²) < 4.78 is 67.6. The number of carbonyl (C=O) groups is 2. The molecule has 0 bridgehead atoms. The number of hydrogen-bond donors (Lipinski definition) is 2. The molecule has 1 fully saturated rings. The zero-order valence-electron chi connectivity index (χ0n) is 32.2. The number of amides is 2. The van der Waals surface area contributed by atoms with Crippen LogP contribution in [0.2, 0.25) is 0 Å². The molecule has 1 unspecified atom stereocenters. The lowest BCUT2D eigenvalue weighted by molar-refractivity contribution is -0.133. The number of aromatic nitrogens is 4. The number of ether oxygens (including phenoxy) is 1. The van der Waals surface area contributed by atoms with Crippen LogP contribution in [-0.4, -0.2) is 77.3 Å². The lowest BCUT2D eigenvalue weighted by Gasteiger charge is -2.26. The summed E-state index contributed by atoms with van der Waals surface area (Å²) in [5.74, 6) is -2.62. The first-order chi connectivity index (χ1) is 27.2. The fourth-order valence-corrected chi connectivity index (χ4v) is 8.54. The number of likely N-dealkylation sites (tertiary alicyclic amines) is 1. The van der Waals surface area contributed by atoms with E-state index < -0.39 is 39.0 Å². The molecule has 14 nitrogen and oxygen atoms in total. The van der Waals surface area contributed by atoms with Crippen LogP contribution in [0.15, 0.2) is 52.2 Å². The molecule has 302 valence electrons. The molecule has 57 heavy (non-hydrogen) atoms. The molecular weight excluding hydrogens is 761 g/mol. The Kier molecular flexibility index (Phi) is 11.2. The molecular formula is C40H45F2N7O7S. The average molecular weight is 806 g/mol. The number of nitrogens with one attached hydrogen (secondary N) is 2. The maximum absolute atomic E-state index is 15.4. The van der Waals surface area contributed by atoms with E-state index in [1.807, 2.05) is 18.7 Å². The summed E-state index contributed by atoms with van der Waals surface area (Å²) in [4.78, 5) is 50.5. The minimum absolute atomic E-state index is 0.00194. The predicted octanol–water partition coefficient (Wildman–Crippen LogP) is 5.73. The molecule has 2 N–H and O–H groups in total. The van der Waals surface area contributed by atoms with Crippen molar-refractivity contribution in [1.29, 1.82) is 0 Å². The number of benzene rings is 1. The van der Waals surface area contributed by atoms with Gasteiger partial charge in [-0.05, 0) is 66.4 Å². The number of rotatable bonds is 14. The molecule has 7 rings (SSSR count). The number of sulfone groups is 1. The highest BCUT2D eigenvalue weighted by Crippen LogP contribution is 2.45. The van der Waals surface area contributed by atoms with E-state index >= 15 is 4.39 Å². The molecule has 2 amide bonds. The van der Waals surface area contributed by atoms with E-state index in [4.69, 9.17) is 9.26 Å². The van der Waals surface area contributed by atoms with Gasteiger partial charge in [-0.15, -0.1) is 0 Å². The Morgan fingerprint density at radius 2 is 1.84 bits per heavy atom. The monoisotopic (exact) mass is 805 g/mol. The number of hydrogen-bond acceptors (Lipinski definition) is 10. The summed E-state index contributed by atoms with van der Waals surface area (Å²) in [6, 6.07) is 5.47. The van der Waals surface area contributed by atoms with E-state index in [0.29, 0.717) is 76.9 Å². The zero-order chi connectivity index (χ0) is 40.6. The summed E-state index contributed by atoms with van der Waals surface area (Å²) in [7, 11) is -2.07. The fraction of sp³-hybridized carbons (Fsp3) is 0.425. The molecule has 2 aliphatic rings. The predicted molar refractivity (Wildman–Crippen MR) is 209 cm³/mol. The topological polar surface area (TPSA) is 173 Å². The van der Waals surface area contributed by atoms with Crippen LogP contribution in [0.25, 0.3) is 22.0 Å². The summed E-state index contributed by atoms with van der Waals surface area (Å²) in [6.07, 6.45) is 9.10. The molecule has 1 atom stereocenters. The van der Waals surface area contributed by atoms with Crippen molar-refractivity contribution in [2.24, 2.45) is 13.0 Å². The van der Waals surface area contributed by atoms with E-state index in [0.717, 1.165) is 38.4 Å². The molecule has 17 heteroatoms. The molecule has 0 radical (unpaired) electrons. The number of aromatic amines is 1. The number of anilines is 2. The number of halogens is 2. The second-order valence-electron chi connectivity index (χ2n) is 15.2. The van der Waals surface area contributed by atoms with Crippen molar-refractivity contribution in [2.45, 2.75) is 64.2 Å². The van der Waals surface area contributed by atoms with Crippen LogP contribution in [0.3, 0.4) is 0 Å². The zero-order valence-corrected chi connectivity index (χ0v) is 33.0.